The molecule has 1 aromatic carbocycles. The summed E-state index contributed by atoms with van der Waals surface area (Å²) in [7, 11) is 0. The molecule has 1 saturated carbocycles. The van der Waals surface area contributed by atoms with Gasteiger partial charge in [0.2, 0.25) is 23.6 Å². The molecule has 0 unspecified atom stereocenters. The van der Waals surface area contributed by atoms with Crippen LogP contribution in [0.15, 0.2) is 53.9 Å². The second-order valence-electron chi connectivity index (χ2n) is 15.6. The van der Waals surface area contributed by atoms with Crippen LogP contribution >= 0.6 is 11.3 Å². The fraction of sp³-hybridized carbons (Fsp3) is 0.533. The normalized spacial score (nSPS) is 16.1. The molecule has 0 atom stereocenters. The maximum atomic E-state index is 13.6. The van der Waals surface area contributed by atoms with E-state index in [0.717, 1.165) is 52.1 Å². The Bertz CT molecular complexity index is 2020. The third kappa shape index (κ3) is 14.6. The number of fused-ring (bicyclic) bond motifs is 1. The Morgan fingerprint density at radius 3 is 2.18 bits per heavy atom. The lowest BCUT2D eigenvalue weighted by atomic mass is 9.85. The number of amides is 7. The predicted molar refractivity (Wildman–Crippen MR) is 236 cm³/mol. The molecule has 0 radical (unpaired) electrons. The molecule has 1 fully saturated rings. The van der Waals surface area contributed by atoms with Crippen LogP contribution in [0.2, 0.25) is 0 Å². The Morgan fingerprint density at radius 2 is 1.47 bits per heavy atom. The van der Waals surface area contributed by atoms with Gasteiger partial charge < -0.3 is 40.2 Å². The van der Waals surface area contributed by atoms with Crippen LogP contribution in [0.5, 0.6) is 0 Å². The molecule has 17 heteroatoms. The number of aromatic nitrogens is 1. The Balaban J connectivity index is 0.852. The quantitative estimate of drug-likeness (QED) is 0.0681. The van der Waals surface area contributed by atoms with Gasteiger partial charge in [-0.25, -0.2) is 0 Å². The van der Waals surface area contributed by atoms with E-state index in [4.69, 9.17) is 9.47 Å². The summed E-state index contributed by atoms with van der Waals surface area (Å²) in [5.41, 5.74) is 3.24. The molecule has 2 aliphatic rings. The molecule has 0 bridgehead atoms. The Morgan fingerprint density at radius 1 is 0.790 bits per heavy atom. The van der Waals surface area contributed by atoms with Crippen LogP contribution < -0.4 is 26.2 Å². The van der Waals surface area contributed by atoms with Crippen LogP contribution in [0, 0.1) is 12.8 Å². The topological polar surface area (TPSA) is 197 Å². The van der Waals surface area contributed by atoms with Gasteiger partial charge in [-0.15, -0.1) is 11.3 Å². The van der Waals surface area contributed by atoms with E-state index in [2.05, 4.69) is 21.3 Å². The first kappa shape index (κ1) is 47.7. The fourth-order valence-corrected chi connectivity index (χ4v) is 8.41. The van der Waals surface area contributed by atoms with Crippen LogP contribution in [0.25, 0.3) is 10.2 Å². The fourth-order valence-electron chi connectivity index (χ4n) is 7.59. The van der Waals surface area contributed by atoms with E-state index >= 15 is 0 Å². The second kappa shape index (κ2) is 24.9. The molecule has 0 spiro atoms. The van der Waals surface area contributed by atoms with Gasteiger partial charge in [0.15, 0.2) is 0 Å². The maximum absolute atomic E-state index is 13.6. The number of carbonyl (C=O) groups excluding carboxylic acids is 7. The zero-order chi connectivity index (χ0) is 44.3. The Hall–Kier alpha value is -5.39. The van der Waals surface area contributed by atoms with Gasteiger partial charge in [0.05, 0.1) is 36.6 Å². The number of anilines is 1. The number of unbranched alkanes of at least 4 members (excludes halogenated alkanes) is 3. The van der Waals surface area contributed by atoms with Gasteiger partial charge in [0.1, 0.15) is 12.2 Å². The van der Waals surface area contributed by atoms with E-state index in [1.165, 1.54) is 12.2 Å². The number of imide groups is 1. The van der Waals surface area contributed by atoms with Crippen LogP contribution in [-0.4, -0.2) is 116 Å². The highest BCUT2D eigenvalue weighted by atomic mass is 32.1. The van der Waals surface area contributed by atoms with Crippen molar-refractivity contribution in [1.82, 2.24) is 30.7 Å². The number of thiophene rings is 1. The van der Waals surface area contributed by atoms with Crippen molar-refractivity contribution in [3.05, 3.63) is 65.2 Å². The minimum absolute atomic E-state index is 0.0256. The lowest BCUT2D eigenvalue weighted by Gasteiger charge is -2.28. The molecular formula is C45H61N7O9S. The van der Waals surface area contributed by atoms with E-state index in [1.807, 2.05) is 60.2 Å². The van der Waals surface area contributed by atoms with Gasteiger partial charge in [0, 0.05) is 75.4 Å². The number of nitrogens with zero attached hydrogens (tertiary/aromatic N) is 3. The number of ether oxygens (including phenoxy) is 2. The lowest BCUT2D eigenvalue weighted by molar-refractivity contribution is -0.137. The molecule has 1 aliphatic carbocycles. The highest BCUT2D eigenvalue weighted by Gasteiger charge is 2.29. The number of rotatable bonds is 26. The highest BCUT2D eigenvalue weighted by Crippen LogP contribution is 2.28. The van der Waals surface area contributed by atoms with Crippen molar-refractivity contribution in [3.63, 3.8) is 0 Å². The summed E-state index contributed by atoms with van der Waals surface area (Å²) in [6.07, 6.45) is 9.02. The molecule has 16 nitrogen and oxygen atoms in total. The number of nitrogens with one attached hydrogen (secondary N) is 4. The first-order valence-corrected chi connectivity index (χ1v) is 22.7. The van der Waals surface area contributed by atoms with Gasteiger partial charge in [-0.1, -0.05) is 25.0 Å². The largest absolute Gasteiger partial charge is 0.379 e. The minimum Gasteiger partial charge on any atom is -0.379 e. The third-order valence-electron chi connectivity index (χ3n) is 11.0. The first-order chi connectivity index (χ1) is 30.0. The van der Waals surface area contributed by atoms with Crippen molar-refractivity contribution in [3.8, 4) is 0 Å². The van der Waals surface area contributed by atoms with E-state index in [0.29, 0.717) is 70.8 Å². The van der Waals surface area contributed by atoms with Gasteiger partial charge in [-0.05, 0) is 87.6 Å². The number of carbonyl (C=O) groups is 7. The molecule has 5 rings (SSSR count). The molecular weight excluding hydrogens is 815 g/mol. The van der Waals surface area contributed by atoms with Gasteiger partial charge in [-0.2, -0.15) is 0 Å². The van der Waals surface area contributed by atoms with Crippen LogP contribution in [-0.2, 0) is 44.8 Å². The summed E-state index contributed by atoms with van der Waals surface area (Å²) < 4.78 is 13.6. The van der Waals surface area contributed by atoms with E-state index < -0.39 is 11.8 Å². The summed E-state index contributed by atoms with van der Waals surface area (Å²) in [4.78, 5) is 89.9. The van der Waals surface area contributed by atoms with E-state index in [-0.39, 0.29) is 80.6 Å². The summed E-state index contributed by atoms with van der Waals surface area (Å²) in [5.74, 6) is -1.50. The van der Waals surface area contributed by atoms with Crippen LogP contribution in [0.4, 0.5) is 5.69 Å². The standard InChI is InChI=1S/C45H61N7O9S/c1-3-50(35-10-8-9-32(2)29-35)43(57)31-52-36-19-28-62-38(36)30-37(52)45(59)49-34-13-11-33(12-14-34)44(58)48-21-7-5-4-6-20-46-40(54)18-24-60-26-27-61-25-22-47-39(53)17-23-51-41(55)15-16-42(51)56/h8-10,15-16,19,28-30,33-34H,3-7,11-14,17-18,20-27,31H2,1-2H3,(H,46,54)(H,47,53)(H,48,58)(H,49,59)/t33-,34-. The smallest absolute Gasteiger partial charge is 0.268 e. The van der Waals surface area contributed by atoms with Gasteiger partial charge in [-0.3, -0.25) is 38.5 Å². The summed E-state index contributed by atoms with van der Waals surface area (Å²) in [6, 6.07) is 11.6. The van der Waals surface area contributed by atoms with E-state index in [1.54, 1.807) is 16.2 Å². The number of likely N-dealkylation sites (N-methyl/N-ethyl adjacent to an activating group) is 1. The van der Waals surface area contributed by atoms with Crippen LogP contribution in [0.1, 0.15) is 87.2 Å². The number of hydrogen-bond donors (Lipinski definition) is 4. The monoisotopic (exact) mass is 875 g/mol. The molecule has 7 amide bonds. The molecule has 336 valence electrons. The van der Waals surface area contributed by atoms with Crippen molar-refractivity contribution < 1.29 is 43.0 Å². The SMILES string of the molecule is CCN(C(=O)Cn1c(C(=O)N[C@H]2CC[C@H](C(=O)NCCCCCCNC(=O)CCOCCOCCNC(=O)CCN3C(=O)C=CC3=O)CC2)cc2sccc21)c1cccc(C)c1. The average Bonchev–Trinajstić information content (AvgIpc) is 3.95. The van der Waals surface area contributed by atoms with Crippen molar-refractivity contribution in [2.24, 2.45) is 5.92 Å². The minimum atomic E-state index is -0.414. The van der Waals surface area contributed by atoms with Crippen molar-refractivity contribution >= 4 is 68.6 Å². The summed E-state index contributed by atoms with van der Waals surface area (Å²) in [5, 5.41) is 13.8. The predicted octanol–water partition coefficient (Wildman–Crippen LogP) is 4.00. The van der Waals surface area contributed by atoms with Gasteiger partial charge in [0.25, 0.3) is 17.7 Å². The molecule has 62 heavy (non-hydrogen) atoms. The number of hydrogen-bond acceptors (Lipinski definition) is 10. The number of benzene rings is 1. The molecule has 0 saturated heterocycles. The first-order valence-electron chi connectivity index (χ1n) is 21.8. The molecule has 3 heterocycles. The summed E-state index contributed by atoms with van der Waals surface area (Å²) in [6.45, 7) is 7.21. The van der Waals surface area contributed by atoms with Crippen LogP contribution in [0.3, 0.4) is 0 Å². The zero-order valence-electron chi connectivity index (χ0n) is 35.9. The van der Waals surface area contributed by atoms with Crippen molar-refractivity contribution in [2.75, 3.05) is 64.1 Å². The maximum Gasteiger partial charge on any atom is 0.268 e. The van der Waals surface area contributed by atoms with E-state index in [9.17, 15) is 33.6 Å². The summed E-state index contributed by atoms with van der Waals surface area (Å²) >= 11 is 1.54. The zero-order valence-corrected chi connectivity index (χ0v) is 36.7. The highest BCUT2D eigenvalue weighted by molar-refractivity contribution is 7.17. The van der Waals surface area contributed by atoms with Crippen molar-refractivity contribution in [1.29, 1.82) is 0 Å². The van der Waals surface area contributed by atoms with Crippen molar-refractivity contribution in [2.45, 2.75) is 90.6 Å². The lowest BCUT2D eigenvalue weighted by Crippen LogP contribution is -2.42. The molecule has 3 aromatic rings. The second-order valence-corrected chi connectivity index (χ2v) is 16.5. The number of aryl methyl sites for hydroxylation is 1. The third-order valence-corrected chi connectivity index (χ3v) is 11.9. The molecule has 2 aromatic heterocycles. The Labute approximate surface area is 367 Å². The Kier molecular flexibility index (Phi) is 19.1. The molecule has 4 N–H and O–H groups in total. The average molecular weight is 876 g/mol. The molecule has 1 aliphatic heterocycles. The van der Waals surface area contributed by atoms with Gasteiger partial charge >= 0.3 is 0 Å².